The largest absolute Gasteiger partial charge is 0.497 e. The van der Waals surface area contributed by atoms with E-state index in [9.17, 15) is 0 Å². The number of methoxy groups -OCH3 is 1. The van der Waals surface area contributed by atoms with Gasteiger partial charge in [0.25, 0.3) is 0 Å². The van der Waals surface area contributed by atoms with E-state index in [1.165, 1.54) is 24.8 Å². The van der Waals surface area contributed by atoms with Gasteiger partial charge in [-0.15, -0.1) is 0 Å². The molecule has 1 fully saturated rings. The van der Waals surface area contributed by atoms with E-state index < -0.39 is 0 Å². The molecule has 146 valence electrons. The van der Waals surface area contributed by atoms with Crippen LogP contribution in [-0.2, 0) is 10.2 Å². The molecule has 0 amide bonds. The van der Waals surface area contributed by atoms with Gasteiger partial charge in [-0.3, -0.25) is 4.99 Å². The lowest BCUT2D eigenvalue weighted by Crippen LogP contribution is -2.41. The highest BCUT2D eigenvalue weighted by molar-refractivity contribution is 5.79. The molecule has 5 heteroatoms. The highest BCUT2D eigenvalue weighted by Gasteiger charge is 2.34. The fourth-order valence-electron chi connectivity index (χ4n) is 3.40. The van der Waals surface area contributed by atoms with Crippen LogP contribution in [0.2, 0.25) is 0 Å². The van der Waals surface area contributed by atoms with Gasteiger partial charge in [0.1, 0.15) is 5.75 Å². The van der Waals surface area contributed by atoms with Crippen molar-refractivity contribution in [3.8, 4) is 5.75 Å². The van der Waals surface area contributed by atoms with Gasteiger partial charge in [-0.25, -0.2) is 0 Å². The molecule has 1 heterocycles. The molecule has 0 unspecified atom stereocenters. The summed E-state index contributed by atoms with van der Waals surface area (Å²) in [5, 5.41) is 6.84. The molecule has 5 nitrogen and oxygen atoms in total. The standard InChI is InChI=1S/C21H35N3O2/c1-4-6-7-14-23-20(22-5-2)24-17-21(12-15-26-16-13-21)18-8-10-19(25-3)11-9-18/h8-11H,4-7,12-17H2,1-3H3,(H2,22,23,24). The van der Waals surface area contributed by atoms with E-state index in [-0.39, 0.29) is 5.41 Å². The Hall–Kier alpha value is -1.75. The lowest BCUT2D eigenvalue weighted by Gasteiger charge is -2.36. The summed E-state index contributed by atoms with van der Waals surface area (Å²) in [6.45, 7) is 8.53. The first-order valence-corrected chi connectivity index (χ1v) is 9.98. The molecule has 1 aromatic rings. The first-order chi connectivity index (χ1) is 12.7. The van der Waals surface area contributed by atoms with Crippen LogP contribution in [0.5, 0.6) is 5.75 Å². The SMILES string of the molecule is CCCCCNC(=NCC1(c2ccc(OC)cc2)CCOCC1)NCC. The Morgan fingerprint density at radius 3 is 2.46 bits per heavy atom. The van der Waals surface area contributed by atoms with Crippen LogP contribution in [0, 0.1) is 0 Å². The third kappa shape index (κ3) is 5.90. The average molecular weight is 362 g/mol. The van der Waals surface area contributed by atoms with Crippen molar-refractivity contribution in [2.45, 2.75) is 51.4 Å². The van der Waals surface area contributed by atoms with Crippen molar-refractivity contribution in [1.82, 2.24) is 10.6 Å². The number of benzene rings is 1. The molecule has 2 N–H and O–H groups in total. The molecule has 2 rings (SSSR count). The first kappa shape index (κ1) is 20.6. The van der Waals surface area contributed by atoms with E-state index >= 15 is 0 Å². The van der Waals surface area contributed by atoms with Crippen LogP contribution in [0.1, 0.15) is 51.5 Å². The van der Waals surface area contributed by atoms with Crippen molar-refractivity contribution in [3.05, 3.63) is 29.8 Å². The molecule has 0 saturated carbocycles. The Morgan fingerprint density at radius 2 is 1.85 bits per heavy atom. The van der Waals surface area contributed by atoms with Gasteiger partial charge in [-0.05, 0) is 43.9 Å². The summed E-state index contributed by atoms with van der Waals surface area (Å²) in [5.74, 6) is 1.81. The van der Waals surface area contributed by atoms with E-state index in [0.29, 0.717) is 0 Å². The van der Waals surface area contributed by atoms with Gasteiger partial charge >= 0.3 is 0 Å². The predicted octanol–water partition coefficient (Wildman–Crippen LogP) is 3.49. The molecule has 0 bridgehead atoms. The van der Waals surface area contributed by atoms with Crippen molar-refractivity contribution in [2.75, 3.05) is 40.0 Å². The van der Waals surface area contributed by atoms with Crippen molar-refractivity contribution >= 4 is 5.96 Å². The lowest BCUT2D eigenvalue weighted by atomic mass is 9.74. The van der Waals surface area contributed by atoms with Gasteiger partial charge in [0, 0.05) is 31.7 Å². The van der Waals surface area contributed by atoms with Crippen molar-refractivity contribution in [2.24, 2.45) is 4.99 Å². The smallest absolute Gasteiger partial charge is 0.191 e. The number of hydrogen-bond donors (Lipinski definition) is 2. The fourth-order valence-corrected chi connectivity index (χ4v) is 3.40. The second kappa shape index (κ2) is 11.1. The Balaban J connectivity index is 2.11. The number of nitrogens with one attached hydrogen (secondary N) is 2. The minimum atomic E-state index is 0.0380. The van der Waals surface area contributed by atoms with Gasteiger partial charge in [-0.1, -0.05) is 31.9 Å². The highest BCUT2D eigenvalue weighted by Crippen LogP contribution is 2.36. The predicted molar refractivity (Wildman–Crippen MR) is 108 cm³/mol. The van der Waals surface area contributed by atoms with Crippen LogP contribution in [0.3, 0.4) is 0 Å². The summed E-state index contributed by atoms with van der Waals surface area (Å²) in [6, 6.07) is 8.46. The van der Waals surface area contributed by atoms with Crippen molar-refractivity contribution < 1.29 is 9.47 Å². The maximum atomic E-state index is 5.63. The molecular formula is C21H35N3O2. The molecule has 0 spiro atoms. The van der Waals surface area contributed by atoms with Gasteiger partial charge in [0.2, 0.25) is 0 Å². The Bertz CT molecular complexity index is 537. The maximum absolute atomic E-state index is 5.63. The van der Waals surface area contributed by atoms with Crippen LogP contribution < -0.4 is 15.4 Å². The van der Waals surface area contributed by atoms with E-state index in [1.807, 2.05) is 12.1 Å². The number of rotatable bonds is 9. The second-order valence-electron chi connectivity index (χ2n) is 6.95. The second-order valence-corrected chi connectivity index (χ2v) is 6.95. The zero-order valence-corrected chi connectivity index (χ0v) is 16.6. The Morgan fingerprint density at radius 1 is 1.12 bits per heavy atom. The molecule has 1 aromatic carbocycles. The molecular weight excluding hydrogens is 326 g/mol. The van der Waals surface area contributed by atoms with Crippen LogP contribution in [-0.4, -0.2) is 45.9 Å². The molecule has 0 radical (unpaired) electrons. The molecule has 1 saturated heterocycles. The van der Waals surface area contributed by atoms with Gasteiger partial charge in [0.15, 0.2) is 5.96 Å². The zero-order chi connectivity index (χ0) is 18.7. The molecule has 1 aliphatic rings. The lowest BCUT2D eigenvalue weighted by molar-refractivity contribution is 0.0531. The molecule has 0 atom stereocenters. The van der Waals surface area contributed by atoms with Gasteiger partial charge in [-0.2, -0.15) is 0 Å². The first-order valence-electron chi connectivity index (χ1n) is 9.98. The number of aliphatic imine (C=N–C) groups is 1. The quantitative estimate of drug-likeness (QED) is 0.402. The third-order valence-electron chi connectivity index (χ3n) is 5.11. The summed E-state index contributed by atoms with van der Waals surface area (Å²) in [4.78, 5) is 4.93. The van der Waals surface area contributed by atoms with Crippen LogP contribution in [0.25, 0.3) is 0 Å². The van der Waals surface area contributed by atoms with Crippen LogP contribution >= 0.6 is 0 Å². The van der Waals surface area contributed by atoms with E-state index in [4.69, 9.17) is 14.5 Å². The highest BCUT2D eigenvalue weighted by atomic mass is 16.5. The van der Waals surface area contributed by atoms with E-state index in [1.54, 1.807) is 7.11 Å². The monoisotopic (exact) mass is 361 g/mol. The Kier molecular flexibility index (Phi) is 8.75. The number of guanidine groups is 1. The topological polar surface area (TPSA) is 54.9 Å². The summed E-state index contributed by atoms with van der Waals surface area (Å²) < 4.78 is 10.9. The van der Waals surface area contributed by atoms with Crippen LogP contribution in [0.4, 0.5) is 0 Å². The van der Waals surface area contributed by atoms with Crippen LogP contribution in [0.15, 0.2) is 29.3 Å². The van der Waals surface area contributed by atoms with Gasteiger partial charge in [0.05, 0.1) is 13.7 Å². The molecule has 1 aliphatic heterocycles. The summed E-state index contributed by atoms with van der Waals surface area (Å²) >= 11 is 0. The summed E-state index contributed by atoms with van der Waals surface area (Å²) in [6.07, 6.45) is 5.66. The van der Waals surface area contributed by atoms with E-state index in [2.05, 4.69) is 36.6 Å². The third-order valence-corrected chi connectivity index (χ3v) is 5.11. The number of ether oxygens (including phenoxy) is 2. The summed E-state index contributed by atoms with van der Waals surface area (Å²) in [7, 11) is 1.70. The zero-order valence-electron chi connectivity index (χ0n) is 16.6. The van der Waals surface area contributed by atoms with E-state index in [0.717, 1.165) is 57.4 Å². The number of hydrogen-bond acceptors (Lipinski definition) is 3. The normalized spacial score (nSPS) is 17.0. The minimum absolute atomic E-state index is 0.0380. The molecule has 0 aliphatic carbocycles. The molecule has 0 aromatic heterocycles. The fraction of sp³-hybridized carbons (Fsp3) is 0.667. The maximum Gasteiger partial charge on any atom is 0.191 e. The summed E-state index contributed by atoms with van der Waals surface area (Å²) in [5.41, 5.74) is 1.36. The van der Waals surface area contributed by atoms with Crippen molar-refractivity contribution in [3.63, 3.8) is 0 Å². The minimum Gasteiger partial charge on any atom is -0.497 e. The van der Waals surface area contributed by atoms with Gasteiger partial charge < -0.3 is 20.1 Å². The number of unbranched alkanes of at least 4 members (excludes halogenated alkanes) is 2. The van der Waals surface area contributed by atoms with Crippen molar-refractivity contribution in [1.29, 1.82) is 0 Å². The Labute approximate surface area is 158 Å². The number of nitrogens with zero attached hydrogens (tertiary/aromatic N) is 1. The average Bonchev–Trinajstić information content (AvgIpc) is 2.70. The molecule has 26 heavy (non-hydrogen) atoms.